The molecule has 1 saturated heterocycles. The standard InChI is InChI=1S/C15H21N3O3S/c1-4-10(5-2)16-12(19)9-18-13(20)15(3,17-14(18)21)11-7-6-8-22-11/h6-8,10H,4-5,9H2,1-3H3,(H,16,19)(H,17,21). The number of imide groups is 1. The molecule has 0 spiro atoms. The average molecular weight is 323 g/mol. The molecule has 0 saturated carbocycles. The van der Waals surface area contributed by atoms with Gasteiger partial charge in [0, 0.05) is 10.9 Å². The molecule has 7 heteroatoms. The van der Waals surface area contributed by atoms with Crippen molar-refractivity contribution in [3.05, 3.63) is 22.4 Å². The summed E-state index contributed by atoms with van der Waals surface area (Å²) in [5.74, 6) is -0.702. The van der Waals surface area contributed by atoms with E-state index < -0.39 is 11.6 Å². The van der Waals surface area contributed by atoms with Crippen molar-refractivity contribution in [2.24, 2.45) is 0 Å². The fraction of sp³-hybridized carbons (Fsp3) is 0.533. The van der Waals surface area contributed by atoms with E-state index in [1.807, 2.05) is 25.3 Å². The number of nitrogens with zero attached hydrogens (tertiary/aromatic N) is 1. The molecule has 1 aromatic rings. The van der Waals surface area contributed by atoms with Gasteiger partial charge in [0.1, 0.15) is 6.54 Å². The first-order valence-electron chi connectivity index (χ1n) is 7.39. The third-order valence-electron chi connectivity index (χ3n) is 3.94. The molecule has 22 heavy (non-hydrogen) atoms. The zero-order valence-corrected chi connectivity index (χ0v) is 13.8. The molecule has 0 bridgehead atoms. The Kier molecular flexibility index (Phi) is 4.85. The maximum atomic E-state index is 12.6. The summed E-state index contributed by atoms with van der Waals surface area (Å²) in [6.07, 6.45) is 1.63. The number of carbonyl (C=O) groups excluding carboxylic acids is 3. The summed E-state index contributed by atoms with van der Waals surface area (Å²) in [5, 5.41) is 7.37. The number of urea groups is 1. The molecule has 1 unspecified atom stereocenters. The minimum absolute atomic E-state index is 0.0666. The van der Waals surface area contributed by atoms with Gasteiger partial charge in [0.2, 0.25) is 5.91 Å². The van der Waals surface area contributed by atoms with Crippen molar-refractivity contribution in [2.45, 2.75) is 45.2 Å². The van der Waals surface area contributed by atoms with Gasteiger partial charge in [-0.2, -0.15) is 0 Å². The van der Waals surface area contributed by atoms with E-state index in [1.54, 1.807) is 13.0 Å². The van der Waals surface area contributed by atoms with Crippen LogP contribution in [0.1, 0.15) is 38.5 Å². The molecule has 0 aromatic carbocycles. The number of carbonyl (C=O) groups is 3. The molecule has 1 aromatic heterocycles. The normalized spacial score (nSPS) is 21.4. The van der Waals surface area contributed by atoms with Gasteiger partial charge in [-0.25, -0.2) is 4.79 Å². The summed E-state index contributed by atoms with van der Waals surface area (Å²) in [6.45, 7) is 5.38. The van der Waals surface area contributed by atoms with Crippen LogP contribution in [0, 0.1) is 0 Å². The molecule has 1 atom stereocenters. The number of hydrogen-bond donors (Lipinski definition) is 2. The first-order valence-corrected chi connectivity index (χ1v) is 8.27. The zero-order chi connectivity index (χ0) is 16.3. The predicted octanol–water partition coefficient (Wildman–Crippen LogP) is 1.82. The highest BCUT2D eigenvalue weighted by Crippen LogP contribution is 2.31. The lowest BCUT2D eigenvalue weighted by molar-refractivity contribution is -0.135. The molecule has 1 aliphatic rings. The van der Waals surface area contributed by atoms with Crippen LogP contribution in [0.3, 0.4) is 0 Å². The van der Waals surface area contributed by atoms with Gasteiger partial charge in [-0.1, -0.05) is 19.9 Å². The van der Waals surface area contributed by atoms with Gasteiger partial charge in [0.25, 0.3) is 5.91 Å². The molecular formula is C15H21N3O3S. The number of amides is 4. The van der Waals surface area contributed by atoms with Crippen molar-refractivity contribution in [2.75, 3.05) is 6.54 Å². The van der Waals surface area contributed by atoms with Crippen LogP contribution < -0.4 is 10.6 Å². The Bertz CT molecular complexity index is 569. The predicted molar refractivity (Wildman–Crippen MR) is 84.4 cm³/mol. The van der Waals surface area contributed by atoms with Crippen molar-refractivity contribution in [1.29, 1.82) is 0 Å². The van der Waals surface area contributed by atoms with E-state index in [9.17, 15) is 14.4 Å². The molecule has 0 radical (unpaired) electrons. The van der Waals surface area contributed by atoms with Gasteiger partial charge in [-0.3, -0.25) is 14.5 Å². The van der Waals surface area contributed by atoms with Crippen molar-refractivity contribution < 1.29 is 14.4 Å². The zero-order valence-electron chi connectivity index (χ0n) is 13.0. The topological polar surface area (TPSA) is 78.5 Å². The lowest BCUT2D eigenvalue weighted by atomic mass is 10.0. The fourth-order valence-corrected chi connectivity index (χ4v) is 3.32. The van der Waals surface area contributed by atoms with E-state index in [-0.39, 0.29) is 24.4 Å². The van der Waals surface area contributed by atoms with Crippen LogP contribution in [0.5, 0.6) is 0 Å². The molecule has 2 heterocycles. The van der Waals surface area contributed by atoms with E-state index in [0.29, 0.717) is 0 Å². The second-order valence-corrected chi connectivity index (χ2v) is 6.45. The van der Waals surface area contributed by atoms with Gasteiger partial charge in [0.05, 0.1) is 0 Å². The Balaban J connectivity index is 2.08. The largest absolute Gasteiger partial charge is 0.352 e. The van der Waals surface area contributed by atoms with Gasteiger partial charge in [-0.15, -0.1) is 11.3 Å². The number of rotatable bonds is 6. The Labute approximate surface area is 133 Å². The molecule has 6 nitrogen and oxygen atoms in total. The third-order valence-corrected chi connectivity index (χ3v) is 5.03. The lowest BCUT2D eigenvalue weighted by Crippen LogP contribution is -2.45. The molecule has 1 fully saturated rings. The molecule has 4 amide bonds. The number of hydrogen-bond acceptors (Lipinski definition) is 4. The number of thiophene rings is 1. The minimum Gasteiger partial charge on any atom is -0.352 e. The molecule has 2 rings (SSSR count). The van der Waals surface area contributed by atoms with Gasteiger partial charge in [0.15, 0.2) is 5.54 Å². The Morgan fingerprint density at radius 2 is 2.09 bits per heavy atom. The second kappa shape index (κ2) is 6.48. The van der Waals surface area contributed by atoms with Crippen LogP contribution in [-0.2, 0) is 15.1 Å². The highest BCUT2D eigenvalue weighted by molar-refractivity contribution is 7.10. The quantitative estimate of drug-likeness (QED) is 0.784. The van der Waals surface area contributed by atoms with E-state index in [1.165, 1.54) is 11.3 Å². The lowest BCUT2D eigenvalue weighted by Gasteiger charge is -2.20. The van der Waals surface area contributed by atoms with E-state index in [2.05, 4.69) is 10.6 Å². The van der Waals surface area contributed by atoms with Crippen LogP contribution in [0.2, 0.25) is 0 Å². The molecular weight excluding hydrogens is 302 g/mol. The Morgan fingerprint density at radius 3 is 2.64 bits per heavy atom. The van der Waals surface area contributed by atoms with Gasteiger partial charge in [-0.05, 0) is 31.2 Å². The summed E-state index contributed by atoms with van der Waals surface area (Å²) < 4.78 is 0. The maximum Gasteiger partial charge on any atom is 0.325 e. The first kappa shape index (κ1) is 16.5. The SMILES string of the molecule is CCC(CC)NC(=O)CN1C(=O)NC(C)(c2cccs2)C1=O. The van der Waals surface area contributed by atoms with Crippen LogP contribution in [0.25, 0.3) is 0 Å². The monoisotopic (exact) mass is 323 g/mol. The summed E-state index contributed by atoms with van der Waals surface area (Å²) in [4.78, 5) is 38.4. The summed E-state index contributed by atoms with van der Waals surface area (Å²) in [6, 6.07) is 3.17. The Morgan fingerprint density at radius 1 is 1.41 bits per heavy atom. The van der Waals surface area contributed by atoms with Gasteiger partial charge >= 0.3 is 6.03 Å². The highest BCUT2D eigenvalue weighted by atomic mass is 32.1. The molecule has 2 N–H and O–H groups in total. The van der Waals surface area contributed by atoms with Gasteiger partial charge < -0.3 is 10.6 Å². The van der Waals surface area contributed by atoms with Crippen molar-refractivity contribution >= 4 is 29.2 Å². The minimum atomic E-state index is -1.08. The highest BCUT2D eigenvalue weighted by Gasteiger charge is 2.50. The second-order valence-electron chi connectivity index (χ2n) is 5.50. The summed E-state index contributed by atoms with van der Waals surface area (Å²) in [7, 11) is 0. The molecule has 0 aliphatic carbocycles. The van der Waals surface area contributed by atoms with Crippen LogP contribution in [-0.4, -0.2) is 35.3 Å². The van der Waals surface area contributed by atoms with Crippen molar-refractivity contribution in [3.63, 3.8) is 0 Å². The molecule has 120 valence electrons. The summed E-state index contributed by atoms with van der Waals surface area (Å²) in [5.41, 5.74) is -1.08. The fourth-order valence-electron chi connectivity index (χ4n) is 2.48. The Hall–Kier alpha value is -1.89. The summed E-state index contributed by atoms with van der Waals surface area (Å²) >= 11 is 1.40. The van der Waals surface area contributed by atoms with E-state index in [0.717, 1.165) is 22.6 Å². The van der Waals surface area contributed by atoms with Crippen molar-refractivity contribution in [1.82, 2.24) is 15.5 Å². The third kappa shape index (κ3) is 2.99. The van der Waals surface area contributed by atoms with E-state index in [4.69, 9.17) is 0 Å². The number of nitrogens with one attached hydrogen (secondary N) is 2. The smallest absolute Gasteiger partial charge is 0.325 e. The maximum absolute atomic E-state index is 12.6. The van der Waals surface area contributed by atoms with Crippen molar-refractivity contribution in [3.8, 4) is 0 Å². The van der Waals surface area contributed by atoms with Crippen LogP contribution in [0.15, 0.2) is 17.5 Å². The van der Waals surface area contributed by atoms with E-state index >= 15 is 0 Å². The molecule has 1 aliphatic heterocycles. The van der Waals surface area contributed by atoms with Crippen LogP contribution >= 0.6 is 11.3 Å². The van der Waals surface area contributed by atoms with Crippen LogP contribution in [0.4, 0.5) is 4.79 Å². The first-order chi connectivity index (χ1) is 10.4. The average Bonchev–Trinajstić information content (AvgIpc) is 3.09.